The normalized spacial score (nSPS) is 9.35. The van der Waals surface area contributed by atoms with Gasteiger partial charge in [0.2, 0.25) is 0 Å². The van der Waals surface area contributed by atoms with Crippen LogP contribution in [0.3, 0.4) is 0 Å². The standard InChI is InChI=1S/C15H12N4O/c1-20-15-7-11(9-17)3-5-13(15)19-14-6-10(8-16)2-4-12(14)18/h2-7,19H,18H2,1H3. The number of nitrogens with zero attached hydrogens (tertiary/aromatic N) is 2. The van der Waals surface area contributed by atoms with Crippen LogP contribution in [0, 0.1) is 22.7 Å². The monoisotopic (exact) mass is 264 g/mol. The van der Waals surface area contributed by atoms with E-state index >= 15 is 0 Å². The highest BCUT2D eigenvalue weighted by molar-refractivity contribution is 5.76. The largest absolute Gasteiger partial charge is 0.495 e. The van der Waals surface area contributed by atoms with E-state index in [-0.39, 0.29) is 0 Å². The molecule has 5 nitrogen and oxygen atoms in total. The lowest BCUT2D eigenvalue weighted by atomic mass is 10.1. The van der Waals surface area contributed by atoms with Crippen LogP contribution >= 0.6 is 0 Å². The molecule has 20 heavy (non-hydrogen) atoms. The molecule has 0 unspecified atom stereocenters. The van der Waals surface area contributed by atoms with Gasteiger partial charge in [-0.1, -0.05) is 0 Å². The maximum absolute atomic E-state index is 8.91. The second-order valence-electron chi connectivity index (χ2n) is 4.07. The molecule has 5 heteroatoms. The first-order valence-corrected chi connectivity index (χ1v) is 5.82. The molecule has 0 aromatic heterocycles. The molecule has 98 valence electrons. The minimum Gasteiger partial charge on any atom is -0.495 e. The van der Waals surface area contributed by atoms with Crippen LogP contribution in [-0.2, 0) is 0 Å². The van der Waals surface area contributed by atoms with Crippen LogP contribution in [0.4, 0.5) is 17.1 Å². The summed E-state index contributed by atoms with van der Waals surface area (Å²) in [6.45, 7) is 0. The summed E-state index contributed by atoms with van der Waals surface area (Å²) in [7, 11) is 1.52. The predicted molar refractivity (Wildman–Crippen MR) is 76.6 cm³/mol. The van der Waals surface area contributed by atoms with Gasteiger partial charge in [0.25, 0.3) is 0 Å². The molecule has 0 amide bonds. The summed E-state index contributed by atoms with van der Waals surface area (Å²) in [5, 5.41) is 20.9. The molecule has 0 fully saturated rings. The summed E-state index contributed by atoms with van der Waals surface area (Å²) in [5.41, 5.74) is 8.70. The van der Waals surface area contributed by atoms with Crippen molar-refractivity contribution in [3.05, 3.63) is 47.5 Å². The number of methoxy groups -OCH3 is 1. The Labute approximate surface area is 116 Å². The van der Waals surface area contributed by atoms with Crippen LogP contribution in [0.15, 0.2) is 36.4 Å². The zero-order valence-corrected chi connectivity index (χ0v) is 10.8. The molecule has 0 bridgehead atoms. The van der Waals surface area contributed by atoms with Crippen LogP contribution in [0.5, 0.6) is 5.75 Å². The molecular weight excluding hydrogens is 252 g/mol. The third kappa shape index (κ3) is 2.63. The van der Waals surface area contributed by atoms with Gasteiger partial charge in [0.1, 0.15) is 5.75 Å². The van der Waals surface area contributed by atoms with E-state index in [1.165, 1.54) is 7.11 Å². The predicted octanol–water partition coefficient (Wildman–Crippen LogP) is 2.76. The van der Waals surface area contributed by atoms with E-state index in [1.807, 2.05) is 6.07 Å². The quantitative estimate of drug-likeness (QED) is 0.831. The van der Waals surface area contributed by atoms with Crippen LogP contribution in [0.1, 0.15) is 11.1 Å². The van der Waals surface area contributed by atoms with Crippen molar-refractivity contribution >= 4 is 17.1 Å². The van der Waals surface area contributed by atoms with Crippen LogP contribution in [-0.4, -0.2) is 7.11 Å². The molecule has 0 radical (unpaired) electrons. The van der Waals surface area contributed by atoms with E-state index in [1.54, 1.807) is 36.4 Å². The van der Waals surface area contributed by atoms with Gasteiger partial charge in [-0.15, -0.1) is 0 Å². The maximum atomic E-state index is 8.91. The Hall–Kier alpha value is -3.18. The average Bonchev–Trinajstić information content (AvgIpc) is 2.49. The smallest absolute Gasteiger partial charge is 0.143 e. The van der Waals surface area contributed by atoms with Gasteiger partial charge in [0.15, 0.2) is 0 Å². The van der Waals surface area contributed by atoms with E-state index in [4.69, 9.17) is 21.0 Å². The molecule has 0 aliphatic carbocycles. The summed E-state index contributed by atoms with van der Waals surface area (Å²) in [4.78, 5) is 0. The van der Waals surface area contributed by atoms with Crippen molar-refractivity contribution < 1.29 is 4.74 Å². The molecule has 0 saturated carbocycles. The van der Waals surface area contributed by atoms with E-state index in [9.17, 15) is 0 Å². The number of rotatable bonds is 3. The van der Waals surface area contributed by atoms with Crippen molar-refractivity contribution in [2.24, 2.45) is 0 Å². The van der Waals surface area contributed by atoms with E-state index < -0.39 is 0 Å². The molecule has 2 rings (SSSR count). The molecule has 0 atom stereocenters. The number of anilines is 3. The Bertz CT molecular complexity index is 726. The number of nitrogens with one attached hydrogen (secondary N) is 1. The van der Waals surface area contributed by atoms with Gasteiger partial charge in [-0.2, -0.15) is 10.5 Å². The first-order chi connectivity index (χ1) is 9.67. The number of nitriles is 2. The molecule has 0 spiro atoms. The zero-order chi connectivity index (χ0) is 14.5. The molecule has 0 aliphatic heterocycles. The summed E-state index contributed by atoms with van der Waals surface area (Å²) in [5.74, 6) is 0.533. The Balaban J connectivity index is 2.40. The molecular formula is C15H12N4O. The minimum absolute atomic E-state index is 0.506. The first-order valence-electron chi connectivity index (χ1n) is 5.82. The minimum atomic E-state index is 0.506. The van der Waals surface area contributed by atoms with Crippen LogP contribution in [0.2, 0.25) is 0 Å². The Kier molecular flexibility index (Phi) is 3.74. The maximum Gasteiger partial charge on any atom is 0.143 e. The Morgan fingerprint density at radius 3 is 2.30 bits per heavy atom. The fourth-order valence-electron chi connectivity index (χ4n) is 1.74. The van der Waals surface area contributed by atoms with Gasteiger partial charge in [0.05, 0.1) is 47.4 Å². The van der Waals surface area contributed by atoms with Gasteiger partial charge in [-0.25, -0.2) is 0 Å². The van der Waals surface area contributed by atoms with E-state index in [2.05, 4.69) is 11.4 Å². The number of benzene rings is 2. The van der Waals surface area contributed by atoms with Gasteiger partial charge in [0, 0.05) is 6.07 Å². The average molecular weight is 264 g/mol. The van der Waals surface area contributed by atoms with Crippen molar-refractivity contribution in [2.45, 2.75) is 0 Å². The van der Waals surface area contributed by atoms with E-state index in [0.29, 0.717) is 33.9 Å². The topological polar surface area (TPSA) is 94.9 Å². The van der Waals surface area contributed by atoms with Crippen molar-refractivity contribution in [3.8, 4) is 17.9 Å². The zero-order valence-electron chi connectivity index (χ0n) is 10.8. The molecule has 2 aromatic carbocycles. The van der Waals surface area contributed by atoms with Gasteiger partial charge in [-0.3, -0.25) is 0 Å². The molecule has 0 saturated heterocycles. The van der Waals surface area contributed by atoms with Crippen molar-refractivity contribution in [2.75, 3.05) is 18.2 Å². The number of nitrogen functional groups attached to an aromatic ring is 1. The number of hydrogen-bond acceptors (Lipinski definition) is 5. The van der Waals surface area contributed by atoms with Crippen molar-refractivity contribution in [1.82, 2.24) is 0 Å². The lowest BCUT2D eigenvalue weighted by Gasteiger charge is -2.13. The fraction of sp³-hybridized carbons (Fsp3) is 0.0667. The second kappa shape index (κ2) is 5.64. The fourth-order valence-corrected chi connectivity index (χ4v) is 1.74. The van der Waals surface area contributed by atoms with Gasteiger partial charge in [-0.05, 0) is 30.3 Å². The number of nitrogens with two attached hydrogens (primary N) is 1. The highest BCUT2D eigenvalue weighted by atomic mass is 16.5. The van der Waals surface area contributed by atoms with E-state index in [0.717, 1.165) is 0 Å². The molecule has 0 heterocycles. The van der Waals surface area contributed by atoms with Crippen molar-refractivity contribution in [3.63, 3.8) is 0 Å². The van der Waals surface area contributed by atoms with Crippen molar-refractivity contribution in [1.29, 1.82) is 10.5 Å². The highest BCUT2D eigenvalue weighted by Crippen LogP contribution is 2.31. The second-order valence-corrected chi connectivity index (χ2v) is 4.07. The number of ether oxygens (including phenoxy) is 1. The summed E-state index contributed by atoms with van der Waals surface area (Å²) in [6.07, 6.45) is 0. The van der Waals surface area contributed by atoms with Gasteiger partial charge < -0.3 is 15.8 Å². The third-order valence-corrected chi connectivity index (χ3v) is 2.78. The Morgan fingerprint density at radius 2 is 1.65 bits per heavy atom. The number of hydrogen-bond donors (Lipinski definition) is 2. The third-order valence-electron chi connectivity index (χ3n) is 2.78. The molecule has 3 N–H and O–H groups in total. The van der Waals surface area contributed by atoms with Gasteiger partial charge >= 0.3 is 0 Å². The Morgan fingerprint density at radius 1 is 1.00 bits per heavy atom. The lowest BCUT2D eigenvalue weighted by Crippen LogP contribution is -1.99. The van der Waals surface area contributed by atoms with Crippen LogP contribution < -0.4 is 15.8 Å². The lowest BCUT2D eigenvalue weighted by molar-refractivity contribution is 0.416. The summed E-state index contributed by atoms with van der Waals surface area (Å²) in [6, 6.07) is 14.1. The SMILES string of the molecule is COc1cc(C#N)ccc1Nc1cc(C#N)ccc1N. The highest BCUT2D eigenvalue weighted by Gasteiger charge is 2.07. The summed E-state index contributed by atoms with van der Waals surface area (Å²) < 4.78 is 5.24. The summed E-state index contributed by atoms with van der Waals surface area (Å²) >= 11 is 0. The molecule has 0 aliphatic rings. The molecule has 2 aromatic rings. The van der Waals surface area contributed by atoms with Crippen LogP contribution in [0.25, 0.3) is 0 Å². The first kappa shape index (κ1) is 13.3.